The fraction of sp³-hybridized carbons (Fsp3) is 0.533. The van der Waals surface area contributed by atoms with Crippen LogP contribution in [0.3, 0.4) is 0 Å². The minimum absolute atomic E-state index is 0.815. The number of thioether (sulfide) groups is 1. The maximum absolute atomic E-state index is 4.68. The van der Waals surface area contributed by atoms with Crippen molar-refractivity contribution in [3.63, 3.8) is 0 Å². The zero-order valence-electron chi connectivity index (χ0n) is 11.3. The van der Waals surface area contributed by atoms with Gasteiger partial charge in [-0.05, 0) is 37.1 Å². The lowest BCUT2D eigenvalue weighted by Gasteiger charge is -2.14. The molecule has 102 valence electrons. The third-order valence-corrected chi connectivity index (χ3v) is 4.72. The summed E-state index contributed by atoms with van der Waals surface area (Å²) in [4.78, 5) is 7.23. The molecule has 0 saturated carbocycles. The van der Waals surface area contributed by atoms with E-state index in [4.69, 9.17) is 0 Å². The zero-order chi connectivity index (χ0) is 12.9. The van der Waals surface area contributed by atoms with Crippen LogP contribution in [0.5, 0.6) is 0 Å². The highest BCUT2D eigenvalue weighted by molar-refractivity contribution is 8.13. The van der Waals surface area contributed by atoms with Crippen LogP contribution in [0.2, 0.25) is 0 Å². The van der Waals surface area contributed by atoms with Crippen LogP contribution in [0.15, 0.2) is 29.3 Å². The molecule has 1 fully saturated rings. The van der Waals surface area contributed by atoms with E-state index in [2.05, 4.69) is 39.5 Å². The summed E-state index contributed by atoms with van der Waals surface area (Å²) in [5.41, 5.74) is 2.73. The van der Waals surface area contributed by atoms with Gasteiger partial charge in [-0.1, -0.05) is 36.0 Å². The molecule has 1 saturated heterocycles. The fourth-order valence-electron chi connectivity index (χ4n) is 2.64. The van der Waals surface area contributed by atoms with E-state index >= 15 is 0 Å². The molecule has 1 aromatic rings. The van der Waals surface area contributed by atoms with E-state index in [1.165, 1.54) is 43.6 Å². The van der Waals surface area contributed by atoms with Crippen LogP contribution in [-0.4, -0.2) is 35.5 Å². The second-order valence-electron chi connectivity index (χ2n) is 5.14. The monoisotopic (exact) mass is 275 g/mol. The Morgan fingerprint density at radius 2 is 1.95 bits per heavy atom. The van der Waals surface area contributed by atoms with Gasteiger partial charge in [0.15, 0.2) is 5.17 Å². The van der Waals surface area contributed by atoms with Crippen molar-refractivity contribution in [1.82, 2.24) is 10.2 Å². The Morgan fingerprint density at radius 3 is 2.79 bits per heavy atom. The van der Waals surface area contributed by atoms with Crippen LogP contribution in [0.25, 0.3) is 0 Å². The molecule has 0 bridgehead atoms. The molecular weight excluding hydrogens is 254 g/mol. The Kier molecular flexibility index (Phi) is 4.41. The molecule has 1 aromatic carbocycles. The molecule has 0 atom stereocenters. The summed E-state index contributed by atoms with van der Waals surface area (Å²) >= 11 is 1.87. The number of benzene rings is 1. The van der Waals surface area contributed by atoms with Gasteiger partial charge in [0.2, 0.25) is 0 Å². The molecule has 1 N–H and O–H groups in total. The standard InChI is InChI=1S/C15H21N3S/c1-2-6-14-12-17-15(16-11-13(14)5-1)19-10-9-18-7-3-4-8-18/h1-2,5-6H,3-4,7-12H2,(H,16,17). The van der Waals surface area contributed by atoms with Crippen molar-refractivity contribution in [2.24, 2.45) is 4.99 Å². The molecule has 4 heteroatoms. The average molecular weight is 275 g/mol. The molecule has 3 nitrogen and oxygen atoms in total. The zero-order valence-corrected chi connectivity index (χ0v) is 12.1. The molecule has 2 heterocycles. The lowest BCUT2D eigenvalue weighted by atomic mass is 10.1. The van der Waals surface area contributed by atoms with E-state index in [0.29, 0.717) is 0 Å². The van der Waals surface area contributed by atoms with Crippen LogP contribution in [0, 0.1) is 0 Å². The molecule has 0 unspecified atom stereocenters. The van der Waals surface area contributed by atoms with Crippen LogP contribution < -0.4 is 5.32 Å². The van der Waals surface area contributed by atoms with Gasteiger partial charge >= 0.3 is 0 Å². The minimum Gasteiger partial charge on any atom is -0.361 e. The Balaban J connectivity index is 1.49. The summed E-state index contributed by atoms with van der Waals surface area (Å²) in [5, 5.41) is 4.56. The summed E-state index contributed by atoms with van der Waals surface area (Å²) in [5.74, 6) is 1.14. The van der Waals surface area contributed by atoms with Crippen molar-refractivity contribution in [3.05, 3.63) is 35.4 Å². The molecule has 0 radical (unpaired) electrons. The van der Waals surface area contributed by atoms with Gasteiger partial charge in [-0.2, -0.15) is 0 Å². The number of nitrogens with zero attached hydrogens (tertiary/aromatic N) is 2. The number of likely N-dealkylation sites (tertiary alicyclic amines) is 1. The first-order valence-corrected chi connectivity index (χ1v) is 8.10. The SMILES string of the molecule is c1ccc2c(c1)CN=C(SCCN1CCCC1)NC2. The first-order chi connectivity index (χ1) is 9.42. The number of rotatable bonds is 3. The van der Waals surface area contributed by atoms with Gasteiger partial charge in [0.1, 0.15) is 0 Å². The lowest BCUT2D eigenvalue weighted by molar-refractivity contribution is 0.362. The minimum atomic E-state index is 0.815. The second-order valence-corrected chi connectivity index (χ2v) is 6.22. The van der Waals surface area contributed by atoms with E-state index < -0.39 is 0 Å². The van der Waals surface area contributed by atoms with Crippen LogP contribution in [0.1, 0.15) is 24.0 Å². The van der Waals surface area contributed by atoms with Crippen molar-refractivity contribution in [3.8, 4) is 0 Å². The van der Waals surface area contributed by atoms with Gasteiger partial charge < -0.3 is 10.2 Å². The predicted molar refractivity (Wildman–Crippen MR) is 82.6 cm³/mol. The molecule has 0 aromatic heterocycles. The largest absolute Gasteiger partial charge is 0.361 e. The van der Waals surface area contributed by atoms with Crippen molar-refractivity contribution in [2.75, 3.05) is 25.4 Å². The Labute approximate surface area is 119 Å². The number of hydrogen-bond acceptors (Lipinski definition) is 4. The fourth-order valence-corrected chi connectivity index (χ4v) is 3.52. The van der Waals surface area contributed by atoms with Crippen LogP contribution >= 0.6 is 11.8 Å². The normalized spacial score (nSPS) is 19.5. The molecule has 19 heavy (non-hydrogen) atoms. The van der Waals surface area contributed by atoms with E-state index in [1.807, 2.05) is 11.8 Å². The number of hydrogen-bond donors (Lipinski definition) is 1. The Bertz CT molecular complexity index is 452. The van der Waals surface area contributed by atoms with Crippen LogP contribution in [0.4, 0.5) is 0 Å². The van der Waals surface area contributed by atoms with E-state index in [1.54, 1.807) is 0 Å². The van der Waals surface area contributed by atoms with Crippen LogP contribution in [-0.2, 0) is 13.1 Å². The van der Waals surface area contributed by atoms with E-state index in [0.717, 1.165) is 24.0 Å². The summed E-state index contributed by atoms with van der Waals surface area (Å²) in [7, 11) is 0. The van der Waals surface area contributed by atoms with Gasteiger partial charge in [-0.25, -0.2) is 0 Å². The van der Waals surface area contributed by atoms with Crippen molar-refractivity contribution in [2.45, 2.75) is 25.9 Å². The maximum atomic E-state index is 4.68. The van der Waals surface area contributed by atoms with E-state index in [-0.39, 0.29) is 0 Å². The number of nitrogens with one attached hydrogen (secondary N) is 1. The topological polar surface area (TPSA) is 27.6 Å². The first kappa shape index (κ1) is 13.0. The van der Waals surface area contributed by atoms with E-state index in [9.17, 15) is 0 Å². The maximum Gasteiger partial charge on any atom is 0.157 e. The van der Waals surface area contributed by atoms with Crippen molar-refractivity contribution < 1.29 is 0 Å². The summed E-state index contributed by atoms with van der Waals surface area (Å²) in [6, 6.07) is 8.57. The number of aliphatic imine (C=N–C) groups is 1. The lowest BCUT2D eigenvalue weighted by Crippen LogP contribution is -2.24. The van der Waals surface area contributed by atoms with Gasteiger partial charge in [-0.3, -0.25) is 4.99 Å². The third-order valence-electron chi connectivity index (χ3n) is 3.79. The average Bonchev–Trinajstić information content (AvgIpc) is 2.87. The second kappa shape index (κ2) is 6.44. The summed E-state index contributed by atoms with van der Waals surface area (Å²) in [6.07, 6.45) is 2.75. The number of fused-ring (bicyclic) bond motifs is 1. The molecule has 2 aliphatic rings. The molecule has 0 amide bonds. The molecular formula is C15H21N3S. The molecule has 2 aliphatic heterocycles. The Hall–Kier alpha value is -1.00. The highest BCUT2D eigenvalue weighted by Crippen LogP contribution is 2.16. The first-order valence-electron chi connectivity index (χ1n) is 7.12. The quantitative estimate of drug-likeness (QED) is 0.918. The smallest absolute Gasteiger partial charge is 0.157 e. The summed E-state index contributed by atoms with van der Waals surface area (Å²) < 4.78 is 0. The van der Waals surface area contributed by atoms with Gasteiger partial charge in [0.05, 0.1) is 6.54 Å². The van der Waals surface area contributed by atoms with Crippen molar-refractivity contribution in [1.29, 1.82) is 0 Å². The predicted octanol–water partition coefficient (Wildman–Crippen LogP) is 2.47. The highest BCUT2D eigenvalue weighted by atomic mass is 32.2. The van der Waals surface area contributed by atoms with Gasteiger partial charge in [0, 0.05) is 18.8 Å². The van der Waals surface area contributed by atoms with Gasteiger partial charge in [-0.15, -0.1) is 0 Å². The van der Waals surface area contributed by atoms with Crippen molar-refractivity contribution >= 4 is 16.9 Å². The summed E-state index contributed by atoms with van der Waals surface area (Å²) in [6.45, 7) is 5.48. The third kappa shape index (κ3) is 3.51. The highest BCUT2D eigenvalue weighted by Gasteiger charge is 2.12. The Morgan fingerprint density at radius 1 is 1.16 bits per heavy atom. The van der Waals surface area contributed by atoms with Gasteiger partial charge in [0.25, 0.3) is 0 Å². The molecule has 0 spiro atoms. The number of amidine groups is 1. The molecule has 3 rings (SSSR count). The molecule has 0 aliphatic carbocycles.